The van der Waals surface area contributed by atoms with Crippen molar-refractivity contribution in [2.75, 3.05) is 13.7 Å². The summed E-state index contributed by atoms with van der Waals surface area (Å²) in [5, 5.41) is 0.716. The van der Waals surface area contributed by atoms with Gasteiger partial charge in [0.1, 0.15) is 0 Å². The van der Waals surface area contributed by atoms with Gasteiger partial charge in [0.2, 0.25) is 0 Å². The summed E-state index contributed by atoms with van der Waals surface area (Å²) >= 11 is 6.12. The maximum Gasteiger partial charge on any atom is 0.162 e. The summed E-state index contributed by atoms with van der Waals surface area (Å²) in [6.07, 6.45) is 1.23. The Morgan fingerprint density at radius 2 is 1.44 bits per heavy atom. The molecule has 4 heteroatoms. The number of nitrogens with zero attached hydrogens (tertiary/aromatic N) is 1. The highest BCUT2D eigenvalue weighted by Crippen LogP contribution is 2.34. The number of carbonyl (C=O) groups is 1. The topological polar surface area (TPSA) is 31.2 Å². The van der Waals surface area contributed by atoms with Crippen LogP contribution in [0.2, 0.25) is 5.02 Å². The van der Waals surface area contributed by atoms with Gasteiger partial charge in [0, 0.05) is 36.4 Å². The lowest BCUT2D eigenvalue weighted by Crippen LogP contribution is -2.03. The third-order valence-electron chi connectivity index (χ3n) is 5.63. The molecule has 0 aliphatic rings. The number of para-hydroxylation sites is 1. The number of rotatable bonds is 8. The van der Waals surface area contributed by atoms with Gasteiger partial charge in [-0.1, -0.05) is 66.2 Å². The summed E-state index contributed by atoms with van der Waals surface area (Å²) in [6.45, 7) is 2.72. The largest absolute Gasteiger partial charge is 0.385 e. The molecular formula is C28H26ClNO2. The molecule has 0 fully saturated rings. The Hall–Kier alpha value is -3.14. The van der Waals surface area contributed by atoms with E-state index in [2.05, 4.69) is 41.8 Å². The van der Waals surface area contributed by atoms with E-state index in [0.29, 0.717) is 18.1 Å². The summed E-state index contributed by atoms with van der Waals surface area (Å²) in [5.41, 5.74) is 7.35. The number of halogens is 1. The number of hydrogen-bond donors (Lipinski definition) is 0. The van der Waals surface area contributed by atoms with Crippen LogP contribution in [0.25, 0.3) is 28.2 Å². The van der Waals surface area contributed by atoms with Crippen LogP contribution in [0.1, 0.15) is 28.8 Å². The van der Waals surface area contributed by atoms with Crippen molar-refractivity contribution in [3.05, 3.63) is 101 Å². The highest BCUT2D eigenvalue weighted by atomic mass is 35.5. The number of aryl methyl sites for hydroxylation is 1. The lowest BCUT2D eigenvalue weighted by molar-refractivity contribution is 0.0963. The van der Waals surface area contributed by atoms with Gasteiger partial charge in [0.25, 0.3) is 0 Å². The number of Topliss-reactive ketones (excluding diaryl/α,β-unsaturated/α-hetero) is 1. The normalized spacial score (nSPS) is 11.0. The van der Waals surface area contributed by atoms with Crippen molar-refractivity contribution in [1.29, 1.82) is 0 Å². The van der Waals surface area contributed by atoms with Crippen LogP contribution < -0.4 is 0 Å². The first-order valence-corrected chi connectivity index (χ1v) is 11.1. The maximum atomic E-state index is 12.4. The minimum absolute atomic E-state index is 0.143. The number of benzene rings is 3. The van der Waals surface area contributed by atoms with Gasteiger partial charge >= 0.3 is 0 Å². The summed E-state index contributed by atoms with van der Waals surface area (Å²) in [7, 11) is 1.65. The number of methoxy groups -OCH3 is 1. The standard InChI is InChI=1S/C28H26ClNO2/c1-20-6-3-4-7-25(20)30-26(17-18-27(30)22-13-15-24(29)16-14-22)21-9-11-23(12-10-21)28(31)8-5-19-32-2/h3-4,6-7,9-18H,5,8,19H2,1-2H3. The molecule has 1 aromatic heterocycles. The molecule has 0 aliphatic heterocycles. The van der Waals surface area contributed by atoms with E-state index >= 15 is 0 Å². The van der Waals surface area contributed by atoms with Gasteiger partial charge < -0.3 is 9.30 Å². The van der Waals surface area contributed by atoms with Gasteiger partial charge in [-0.2, -0.15) is 0 Å². The molecule has 0 atom stereocenters. The van der Waals surface area contributed by atoms with E-state index in [9.17, 15) is 4.79 Å². The van der Waals surface area contributed by atoms with Crippen molar-refractivity contribution in [1.82, 2.24) is 4.57 Å². The van der Waals surface area contributed by atoms with Crippen LogP contribution >= 0.6 is 11.6 Å². The van der Waals surface area contributed by atoms with Crippen LogP contribution in [0.15, 0.2) is 84.9 Å². The Balaban J connectivity index is 1.75. The fourth-order valence-corrected chi connectivity index (χ4v) is 4.06. The van der Waals surface area contributed by atoms with E-state index in [1.165, 1.54) is 5.56 Å². The van der Waals surface area contributed by atoms with Gasteiger partial charge in [0.05, 0.1) is 11.4 Å². The molecule has 0 amide bonds. The van der Waals surface area contributed by atoms with E-state index in [1.54, 1.807) is 7.11 Å². The molecule has 4 rings (SSSR count). The SMILES string of the molecule is COCCCC(=O)c1ccc(-c2ccc(-c3ccc(Cl)cc3)n2-c2ccccc2C)cc1. The van der Waals surface area contributed by atoms with Crippen molar-refractivity contribution in [3.8, 4) is 28.2 Å². The second kappa shape index (κ2) is 9.99. The number of ketones is 1. The minimum Gasteiger partial charge on any atom is -0.385 e. The molecular weight excluding hydrogens is 418 g/mol. The van der Waals surface area contributed by atoms with Crippen LogP contribution in [0.5, 0.6) is 0 Å². The number of aromatic nitrogens is 1. The molecule has 0 N–H and O–H groups in total. The molecule has 1 heterocycles. The molecule has 162 valence electrons. The first kappa shape index (κ1) is 22.1. The highest BCUT2D eigenvalue weighted by molar-refractivity contribution is 6.30. The molecule has 0 radical (unpaired) electrons. The summed E-state index contributed by atoms with van der Waals surface area (Å²) in [5.74, 6) is 0.143. The van der Waals surface area contributed by atoms with Gasteiger partial charge in [-0.25, -0.2) is 0 Å². The molecule has 0 bridgehead atoms. The lowest BCUT2D eigenvalue weighted by Gasteiger charge is -2.17. The van der Waals surface area contributed by atoms with Gasteiger partial charge in [-0.05, 0) is 60.4 Å². The molecule has 0 unspecified atom stereocenters. The van der Waals surface area contributed by atoms with Gasteiger partial charge in [-0.3, -0.25) is 4.79 Å². The van der Waals surface area contributed by atoms with E-state index < -0.39 is 0 Å². The zero-order chi connectivity index (χ0) is 22.5. The zero-order valence-electron chi connectivity index (χ0n) is 18.3. The minimum atomic E-state index is 0.143. The second-order valence-corrected chi connectivity index (χ2v) is 8.27. The molecule has 0 aliphatic carbocycles. The number of ether oxygens (including phenoxy) is 1. The highest BCUT2D eigenvalue weighted by Gasteiger charge is 2.15. The van der Waals surface area contributed by atoms with E-state index in [-0.39, 0.29) is 5.78 Å². The summed E-state index contributed by atoms with van der Waals surface area (Å²) in [6, 6.07) is 28.4. The van der Waals surface area contributed by atoms with E-state index in [4.69, 9.17) is 16.3 Å². The van der Waals surface area contributed by atoms with Crippen LogP contribution in [0.4, 0.5) is 0 Å². The Morgan fingerprint density at radius 1 is 0.844 bits per heavy atom. The van der Waals surface area contributed by atoms with Crippen LogP contribution in [-0.4, -0.2) is 24.1 Å². The van der Waals surface area contributed by atoms with Crippen molar-refractivity contribution < 1.29 is 9.53 Å². The number of hydrogen-bond acceptors (Lipinski definition) is 2. The Morgan fingerprint density at radius 3 is 2.03 bits per heavy atom. The summed E-state index contributed by atoms with van der Waals surface area (Å²) in [4.78, 5) is 12.4. The van der Waals surface area contributed by atoms with Crippen molar-refractivity contribution in [3.63, 3.8) is 0 Å². The third kappa shape index (κ3) is 4.69. The van der Waals surface area contributed by atoms with Gasteiger partial charge in [0.15, 0.2) is 5.78 Å². The van der Waals surface area contributed by atoms with E-state index in [1.807, 2.05) is 54.6 Å². The fourth-order valence-electron chi connectivity index (χ4n) is 3.93. The predicted octanol–water partition coefficient (Wildman–Crippen LogP) is 7.38. The van der Waals surface area contributed by atoms with Crippen LogP contribution in [0.3, 0.4) is 0 Å². The van der Waals surface area contributed by atoms with Crippen molar-refractivity contribution in [2.24, 2.45) is 0 Å². The summed E-state index contributed by atoms with van der Waals surface area (Å²) < 4.78 is 7.32. The van der Waals surface area contributed by atoms with E-state index in [0.717, 1.165) is 40.2 Å². The molecule has 3 nitrogen and oxygen atoms in total. The average Bonchev–Trinajstić information content (AvgIpc) is 3.25. The Labute approximate surface area is 194 Å². The second-order valence-electron chi connectivity index (χ2n) is 7.83. The van der Waals surface area contributed by atoms with Crippen LogP contribution in [0, 0.1) is 6.92 Å². The average molecular weight is 444 g/mol. The molecule has 32 heavy (non-hydrogen) atoms. The van der Waals surface area contributed by atoms with Gasteiger partial charge in [-0.15, -0.1) is 0 Å². The quantitative estimate of drug-likeness (QED) is 0.210. The smallest absolute Gasteiger partial charge is 0.162 e. The number of carbonyl (C=O) groups excluding carboxylic acids is 1. The monoisotopic (exact) mass is 443 g/mol. The van der Waals surface area contributed by atoms with Crippen molar-refractivity contribution in [2.45, 2.75) is 19.8 Å². The molecule has 0 spiro atoms. The molecule has 0 saturated heterocycles. The lowest BCUT2D eigenvalue weighted by atomic mass is 10.0. The zero-order valence-corrected chi connectivity index (χ0v) is 19.1. The third-order valence-corrected chi connectivity index (χ3v) is 5.88. The molecule has 0 saturated carbocycles. The molecule has 3 aromatic carbocycles. The Kier molecular flexibility index (Phi) is 6.89. The predicted molar refractivity (Wildman–Crippen MR) is 132 cm³/mol. The van der Waals surface area contributed by atoms with Crippen LogP contribution in [-0.2, 0) is 4.74 Å². The first-order valence-electron chi connectivity index (χ1n) is 10.7. The fraction of sp³-hybridized carbons (Fsp3) is 0.179. The maximum absolute atomic E-state index is 12.4. The molecule has 4 aromatic rings. The Bertz CT molecular complexity index is 1210. The first-order chi connectivity index (χ1) is 15.6. The van der Waals surface area contributed by atoms with Crippen molar-refractivity contribution >= 4 is 17.4 Å².